The van der Waals surface area contributed by atoms with Crippen molar-refractivity contribution in [2.75, 3.05) is 0 Å². The number of rotatable bonds is 12. The van der Waals surface area contributed by atoms with Gasteiger partial charge in [-0.1, -0.05) is 43.5 Å². The molecule has 0 bridgehead atoms. The molecule has 1 aliphatic rings. The molecule has 40 heavy (non-hydrogen) atoms. The lowest BCUT2D eigenvalue weighted by Gasteiger charge is -2.32. The van der Waals surface area contributed by atoms with E-state index in [-0.39, 0.29) is 30.5 Å². The molecule has 1 fully saturated rings. The van der Waals surface area contributed by atoms with Crippen LogP contribution in [0.5, 0.6) is 0 Å². The largest absolute Gasteiger partial charge is 0.384 e. The lowest BCUT2D eigenvalue weighted by atomic mass is 9.83. The van der Waals surface area contributed by atoms with Crippen molar-refractivity contribution in [2.24, 2.45) is 24.4 Å². The van der Waals surface area contributed by atoms with E-state index in [1.807, 2.05) is 36.1 Å². The van der Waals surface area contributed by atoms with Gasteiger partial charge in [0.1, 0.15) is 31.0 Å². The maximum atomic E-state index is 13.6. The first-order chi connectivity index (χ1) is 19.0. The number of amides is 4. The number of hydrogen-bond acceptors (Lipinski definition) is 5. The van der Waals surface area contributed by atoms with Gasteiger partial charge >= 0.3 is 0 Å². The molecular formula is C29H40N7O4+. The van der Waals surface area contributed by atoms with E-state index in [0.717, 1.165) is 43.2 Å². The topological polar surface area (TPSA) is 184 Å². The van der Waals surface area contributed by atoms with Gasteiger partial charge in [-0.25, -0.2) is 4.57 Å². The molecule has 2 aromatic rings. The normalized spacial score (nSPS) is 15.8. The van der Waals surface area contributed by atoms with Gasteiger partial charge in [0.15, 0.2) is 12.4 Å². The summed E-state index contributed by atoms with van der Waals surface area (Å²) < 4.78 is 1.84. The summed E-state index contributed by atoms with van der Waals surface area (Å²) in [5.74, 6) is -2.21. The first-order valence-corrected chi connectivity index (χ1v) is 13.6. The fraction of sp³-hybridized carbons (Fsp3) is 0.448. The smallest absolute Gasteiger partial charge is 0.243 e. The van der Waals surface area contributed by atoms with Gasteiger partial charge in [-0.2, -0.15) is 0 Å². The van der Waals surface area contributed by atoms with Crippen LogP contribution in [0.4, 0.5) is 0 Å². The summed E-state index contributed by atoms with van der Waals surface area (Å²) in [6, 6.07) is 7.75. The van der Waals surface area contributed by atoms with Crippen molar-refractivity contribution in [2.45, 2.75) is 70.0 Å². The van der Waals surface area contributed by atoms with Gasteiger partial charge in [0.05, 0.1) is 0 Å². The Labute approximate surface area is 234 Å². The SMILES string of the molecule is CC(=O)NC(Cc1ccc(C(=N)N)cc1)C(=O)NC(C(=O)NC(Cc1ccc[n+](C)c1)C(N)=O)C1CCCCC1. The lowest BCUT2D eigenvalue weighted by Crippen LogP contribution is -2.59. The third kappa shape index (κ3) is 8.89. The Morgan fingerprint density at radius 1 is 0.900 bits per heavy atom. The van der Waals surface area contributed by atoms with Crippen LogP contribution in [0.2, 0.25) is 0 Å². The van der Waals surface area contributed by atoms with E-state index in [1.54, 1.807) is 24.3 Å². The molecule has 3 unspecified atom stereocenters. The summed E-state index contributed by atoms with van der Waals surface area (Å²) in [5, 5.41) is 15.9. The van der Waals surface area contributed by atoms with Gasteiger partial charge in [-0.3, -0.25) is 24.6 Å². The fourth-order valence-electron chi connectivity index (χ4n) is 5.12. The Morgan fingerprint density at radius 2 is 1.55 bits per heavy atom. The van der Waals surface area contributed by atoms with Gasteiger partial charge in [0, 0.05) is 37.0 Å². The zero-order chi connectivity index (χ0) is 29.2. The molecule has 11 heteroatoms. The molecule has 3 atom stereocenters. The number of nitrogens with two attached hydrogens (primary N) is 2. The highest BCUT2D eigenvalue weighted by Gasteiger charge is 2.35. The molecule has 1 aromatic carbocycles. The van der Waals surface area contributed by atoms with E-state index >= 15 is 0 Å². The van der Waals surface area contributed by atoms with Crippen molar-refractivity contribution in [3.8, 4) is 0 Å². The minimum atomic E-state index is -0.955. The van der Waals surface area contributed by atoms with E-state index < -0.39 is 35.8 Å². The monoisotopic (exact) mass is 550 g/mol. The third-order valence-electron chi connectivity index (χ3n) is 7.20. The first-order valence-electron chi connectivity index (χ1n) is 13.6. The molecule has 1 saturated carbocycles. The maximum absolute atomic E-state index is 13.6. The van der Waals surface area contributed by atoms with Crippen LogP contribution in [0.15, 0.2) is 48.8 Å². The number of amidine groups is 1. The van der Waals surface area contributed by atoms with Crippen LogP contribution in [0.3, 0.4) is 0 Å². The Balaban J connectivity index is 1.79. The fourth-order valence-corrected chi connectivity index (χ4v) is 5.12. The molecule has 214 valence electrons. The second-order valence-electron chi connectivity index (χ2n) is 10.5. The van der Waals surface area contributed by atoms with Crippen LogP contribution < -0.4 is 32.0 Å². The maximum Gasteiger partial charge on any atom is 0.243 e. The Morgan fingerprint density at radius 3 is 2.12 bits per heavy atom. The Hall–Kier alpha value is -4.28. The highest BCUT2D eigenvalue weighted by molar-refractivity contribution is 5.95. The number of benzene rings is 1. The summed E-state index contributed by atoms with van der Waals surface area (Å²) in [5.41, 5.74) is 13.3. The predicted molar refractivity (Wildman–Crippen MR) is 150 cm³/mol. The zero-order valence-corrected chi connectivity index (χ0v) is 23.1. The van der Waals surface area contributed by atoms with Crippen LogP contribution in [0.1, 0.15) is 55.7 Å². The van der Waals surface area contributed by atoms with Crippen LogP contribution in [0.25, 0.3) is 0 Å². The van der Waals surface area contributed by atoms with Gasteiger partial charge < -0.3 is 27.4 Å². The Bertz CT molecular complexity index is 1230. The zero-order valence-electron chi connectivity index (χ0n) is 23.1. The summed E-state index contributed by atoms with van der Waals surface area (Å²) in [7, 11) is 1.86. The van der Waals surface area contributed by atoms with E-state index in [4.69, 9.17) is 16.9 Å². The van der Waals surface area contributed by atoms with Crippen molar-refractivity contribution in [1.29, 1.82) is 5.41 Å². The summed E-state index contributed by atoms with van der Waals surface area (Å²) in [6.07, 6.45) is 8.53. The lowest BCUT2D eigenvalue weighted by molar-refractivity contribution is -0.671. The standard InChI is InChI=1S/C29H39N7O4/c1-18(37)33-24(15-19-10-12-22(13-11-19)26(30)31)28(39)35-25(21-8-4-3-5-9-21)29(40)34-23(27(32)38)16-20-7-6-14-36(2)17-20/h6-7,10-14,17,21,23-25H,3-5,8-9,15-16H2,1-2H3,(H7-,30,31,32,33,34,35,37,38,39,40)/p+1. The van der Waals surface area contributed by atoms with Crippen molar-refractivity contribution in [1.82, 2.24) is 16.0 Å². The van der Waals surface area contributed by atoms with Gasteiger partial charge in [-0.05, 0) is 30.4 Å². The molecule has 3 rings (SSSR count). The average molecular weight is 551 g/mol. The van der Waals surface area contributed by atoms with E-state index in [0.29, 0.717) is 5.56 Å². The molecule has 1 aromatic heterocycles. The van der Waals surface area contributed by atoms with Crippen LogP contribution >= 0.6 is 0 Å². The van der Waals surface area contributed by atoms with Crippen LogP contribution in [0, 0.1) is 11.3 Å². The summed E-state index contributed by atoms with van der Waals surface area (Å²) in [4.78, 5) is 51.4. The quantitative estimate of drug-likeness (QED) is 0.124. The molecular weight excluding hydrogens is 510 g/mol. The molecule has 0 spiro atoms. The highest BCUT2D eigenvalue weighted by atomic mass is 16.2. The molecule has 8 N–H and O–H groups in total. The van der Waals surface area contributed by atoms with Crippen molar-refractivity contribution < 1.29 is 23.7 Å². The molecule has 0 aliphatic heterocycles. The molecule has 1 heterocycles. The number of pyridine rings is 1. The summed E-state index contributed by atoms with van der Waals surface area (Å²) in [6.45, 7) is 1.32. The minimum absolute atomic E-state index is 0.0699. The molecule has 1 aliphatic carbocycles. The summed E-state index contributed by atoms with van der Waals surface area (Å²) >= 11 is 0. The first kappa shape index (κ1) is 30.3. The molecule has 0 saturated heterocycles. The third-order valence-corrected chi connectivity index (χ3v) is 7.20. The Kier molecular flexibility index (Phi) is 10.7. The average Bonchev–Trinajstić information content (AvgIpc) is 2.91. The van der Waals surface area contributed by atoms with Crippen LogP contribution in [-0.2, 0) is 39.1 Å². The van der Waals surface area contributed by atoms with Gasteiger partial charge in [-0.15, -0.1) is 0 Å². The second kappa shape index (κ2) is 14.2. The number of nitrogens with one attached hydrogen (secondary N) is 4. The van der Waals surface area contributed by atoms with Crippen molar-refractivity contribution in [3.63, 3.8) is 0 Å². The van der Waals surface area contributed by atoms with Crippen molar-refractivity contribution in [3.05, 3.63) is 65.5 Å². The highest BCUT2D eigenvalue weighted by Crippen LogP contribution is 2.27. The number of nitrogen functional groups attached to an aromatic ring is 1. The minimum Gasteiger partial charge on any atom is -0.384 e. The van der Waals surface area contributed by atoms with Gasteiger partial charge in [0.2, 0.25) is 23.6 Å². The number of carbonyl (C=O) groups excluding carboxylic acids is 4. The van der Waals surface area contributed by atoms with Gasteiger partial charge in [0.25, 0.3) is 0 Å². The number of hydrogen-bond donors (Lipinski definition) is 6. The van der Waals surface area contributed by atoms with E-state index in [2.05, 4.69) is 16.0 Å². The van der Waals surface area contributed by atoms with E-state index in [1.165, 1.54) is 6.92 Å². The molecule has 11 nitrogen and oxygen atoms in total. The van der Waals surface area contributed by atoms with Crippen molar-refractivity contribution >= 4 is 29.5 Å². The number of aromatic nitrogens is 1. The second-order valence-corrected chi connectivity index (χ2v) is 10.5. The molecule has 4 amide bonds. The number of nitrogens with zero attached hydrogens (tertiary/aromatic N) is 1. The predicted octanol–water partition coefficient (Wildman–Crippen LogP) is 0.120. The molecule has 0 radical (unpaired) electrons. The van der Waals surface area contributed by atoms with E-state index in [9.17, 15) is 19.2 Å². The number of primary amides is 1. The van der Waals surface area contributed by atoms with Crippen LogP contribution in [-0.4, -0.2) is 47.6 Å². The number of aryl methyl sites for hydroxylation is 1. The number of carbonyl (C=O) groups is 4.